The van der Waals surface area contributed by atoms with Gasteiger partial charge in [-0.05, 0) is 59.7 Å². The van der Waals surface area contributed by atoms with Gasteiger partial charge in [0.1, 0.15) is 0 Å². The minimum atomic E-state index is -0.327. The van der Waals surface area contributed by atoms with E-state index in [4.69, 9.17) is 16.3 Å². The molecule has 0 saturated carbocycles. The number of carbonyl (C=O) groups excluding carboxylic acids is 1. The fourth-order valence-electron chi connectivity index (χ4n) is 2.90. The predicted octanol–water partition coefficient (Wildman–Crippen LogP) is 4.28. The van der Waals surface area contributed by atoms with Crippen molar-refractivity contribution in [3.05, 3.63) is 58.1 Å². The van der Waals surface area contributed by atoms with Crippen molar-refractivity contribution in [1.82, 2.24) is 0 Å². The monoisotopic (exact) mass is 286 g/mol. The molecular formula is C17H15ClO2. The second kappa shape index (κ2) is 5.29. The van der Waals surface area contributed by atoms with Crippen molar-refractivity contribution in [2.45, 2.75) is 19.3 Å². The summed E-state index contributed by atoms with van der Waals surface area (Å²) < 4.78 is 4.88. The highest BCUT2D eigenvalue weighted by molar-refractivity contribution is 6.31. The normalized spacial score (nSPS) is 13.1. The van der Waals surface area contributed by atoms with Gasteiger partial charge in [-0.15, -0.1) is 0 Å². The molecule has 20 heavy (non-hydrogen) atoms. The fourth-order valence-corrected chi connectivity index (χ4v) is 3.07. The first kappa shape index (κ1) is 13.2. The Morgan fingerprint density at radius 3 is 2.80 bits per heavy atom. The van der Waals surface area contributed by atoms with Gasteiger partial charge in [0.15, 0.2) is 0 Å². The van der Waals surface area contributed by atoms with E-state index in [1.165, 1.54) is 24.7 Å². The van der Waals surface area contributed by atoms with Crippen molar-refractivity contribution in [2.75, 3.05) is 7.11 Å². The smallest absolute Gasteiger partial charge is 0.338 e. The van der Waals surface area contributed by atoms with Crippen LogP contribution in [0.2, 0.25) is 5.02 Å². The van der Waals surface area contributed by atoms with Crippen LogP contribution in [-0.2, 0) is 17.6 Å². The molecule has 1 aliphatic carbocycles. The van der Waals surface area contributed by atoms with Gasteiger partial charge in [0.25, 0.3) is 0 Å². The van der Waals surface area contributed by atoms with Gasteiger partial charge in [-0.1, -0.05) is 29.8 Å². The Kier molecular flexibility index (Phi) is 3.49. The zero-order valence-corrected chi connectivity index (χ0v) is 12.0. The third kappa shape index (κ3) is 2.20. The molecule has 2 aromatic carbocycles. The van der Waals surface area contributed by atoms with E-state index in [0.717, 1.165) is 24.0 Å². The van der Waals surface area contributed by atoms with Gasteiger partial charge < -0.3 is 4.74 Å². The molecule has 0 radical (unpaired) electrons. The van der Waals surface area contributed by atoms with Crippen LogP contribution in [0.25, 0.3) is 11.1 Å². The molecule has 3 heteroatoms. The van der Waals surface area contributed by atoms with E-state index in [1.807, 2.05) is 12.1 Å². The van der Waals surface area contributed by atoms with Crippen molar-refractivity contribution in [2.24, 2.45) is 0 Å². The lowest BCUT2D eigenvalue weighted by atomic mass is 9.93. The Morgan fingerprint density at radius 2 is 2.00 bits per heavy atom. The highest BCUT2D eigenvalue weighted by Gasteiger charge is 2.20. The lowest BCUT2D eigenvalue weighted by Gasteiger charge is -2.13. The topological polar surface area (TPSA) is 26.3 Å². The van der Waals surface area contributed by atoms with Crippen LogP contribution in [0, 0.1) is 0 Å². The predicted molar refractivity (Wildman–Crippen MR) is 80.3 cm³/mol. The summed E-state index contributed by atoms with van der Waals surface area (Å²) in [5.74, 6) is -0.327. The number of ether oxygens (including phenoxy) is 1. The highest BCUT2D eigenvalue weighted by Crippen LogP contribution is 2.35. The molecular weight excluding hydrogens is 272 g/mol. The number of rotatable bonds is 2. The zero-order valence-electron chi connectivity index (χ0n) is 11.3. The zero-order chi connectivity index (χ0) is 14.1. The Balaban J connectivity index is 2.22. The van der Waals surface area contributed by atoms with Crippen molar-refractivity contribution >= 4 is 17.6 Å². The van der Waals surface area contributed by atoms with Crippen LogP contribution < -0.4 is 0 Å². The number of benzene rings is 2. The number of carbonyl (C=O) groups is 1. The second-order valence-corrected chi connectivity index (χ2v) is 5.41. The molecule has 2 nitrogen and oxygen atoms in total. The molecule has 0 saturated heterocycles. The lowest BCUT2D eigenvalue weighted by molar-refractivity contribution is 0.0601. The van der Waals surface area contributed by atoms with Crippen LogP contribution in [0.5, 0.6) is 0 Å². The molecule has 0 heterocycles. The van der Waals surface area contributed by atoms with Gasteiger partial charge in [-0.2, -0.15) is 0 Å². The summed E-state index contributed by atoms with van der Waals surface area (Å²) in [5, 5.41) is 0.628. The summed E-state index contributed by atoms with van der Waals surface area (Å²) in [5.41, 5.74) is 5.24. The summed E-state index contributed by atoms with van der Waals surface area (Å²) in [7, 11) is 1.40. The average Bonchev–Trinajstić information content (AvgIpc) is 2.94. The summed E-state index contributed by atoms with van der Waals surface area (Å²) >= 11 is 6.11. The van der Waals surface area contributed by atoms with Crippen LogP contribution in [0.15, 0.2) is 36.4 Å². The van der Waals surface area contributed by atoms with Gasteiger partial charge in [0.05, 0.1) is 12.7 Å². The summed E-state index contributed by atoms with van der Waals surface area (Å²) in [6.07, 6.45) is 3.33. The van der Waals surface area contributed by atoms with Crippen molar-refractivity contribution < 1.29 is 9.53 Å². The number of methoxy groups -OCH3 is 1. The summed E-state index contributed by atoms with van der Waals surface area (Å²) in [6.45, 7) is 0. The van der Waals surface area contributed by atoms with Crippen LogP contribution in [0.3, 0.4) is 0 Å². The maximum Gasteiger partial charge on any atom is 0.338 e. The van der Waals surface area contributed by atoms with E-state index in [2.05, 4.69) is 12.1 Å². The van der Waals surface area contributed by atoms with Crippen LogP contribution >= 0.6 is 11.6 Å². The Labute approximate surface area is 123 Å². The molecule has 2 aromatic rings. The number of hydrogen-bond donors (Lipinski definition) is 0. The maximum absolute atomic E-state index is 12.0. The average molecular weight is 287 g/mol. The third-order valence-corrected chi connectivity index (χ3v) is 4.06. The molecule has 0 spiro atoms. The van der Waals surface area contributed by atoms with Crippen molar-refractivity contribution in [3.63, 3.8) is 0 Å². The molecule has 0 aliphatic heterocycles. The second-order valence-electron chi connectivity index (χ2n) is 4.98. The molecule has 0 atom stereocenters. The number of esters is 1. The molecule has 0 amide bonds. The molecule has 0 N–H and O–H groups in total. The third-order valence-electron chi connectivity index (χ3n) is 3.82. The summed E-state index contributed by atoms with van der Waals surface area (Å²) in [4.78, 5) is 12.0. The Hall–Kier alpha value is -1.80. The quantitative estimate of drug-likeness (QED) is 0.770. The van der Waals surface area contributed by atoms with E-state index in [1.54, 1.807) is 12.1 Å². The minimum absolute atomic E-state index is 0.327. The fraction of sp³-hybridized carbons (Fsp3) is 0.235. The Bertz CT molecular complexity index is 677. The molecule has 102 valence electrons. The van der Waals surface area contributed by atoms with E-state index in [9.17, 15) is 4.79 Å². The van der Waals surface area contributed by atoms with Gasteiger partial charge in [-0.25, -0.2) is 4.79 Å². The van der Waals surface area contributed by atoms with Gasteiger partial charge in [-0.3, -0.25) is 0 Å². The van der Waals surface area contributed by atoms with E-state index in [0.29, 0.717) is 10.6 Å². The number of fused-ring (bicyclic) bond motifs is 1. The lowest BCUT2D eigenvalue weighted by Crippen LogP contribution is -2.04. The molecule has 3 rings (SSSR count). The van der Waals surface area contributed by atoms with Gasteiger partial charge in [0.2, 0.25) is 0 Å². The first-order chi connectivity index (χ1) is 9.70. The maximum atomic E-state index is 12.0. The molecule has 0 aromatic heterocycles. The highest BCUT2D eigenvalue weighted by atomic mass is 35.5. The molecule has 0 unspecified atom stereocenters. The van der Waals surface area contributed by atoms with Crippen LogP contribution in [0.1, 0.15) is 27.9 Å². The van der Waals surface area contributed by atoms with Crippen molar-refractivity contribution in [1.29, 1.82) is 0 Å². The van der Waals surface area contributed by atoms with E-state index in [-0.39, 0.29) is 5.97 Å². The first-order valence-corrected chi connectivity index (χ1v) is 7.07. The number of hydrogen-bond acceptors (Lipinski definition) is 2. The summed E-state index contributed by atoms with van der Waals surface area (Å²) in [6, 6.07) is 11.6. The minimum Gasteiger partial charge on any atom is -0.465 e. The van der Waals surface area contributed by atoms with Crippen molar-refractivity contribution in [3.8, 4) is 11.1 Å². The first-order valence-electron chi connectivity index (χ1n) is 6.69. The number of halogens is 1. The van der Waals surface area contributed by atoms with Crippen LogP contribution in [0.4, 0.5) is 0 Å². The molecule has 0 bridgehead atoms. The van der Waals surface area contributed by atoms with E-state index < -0.39 is 0 Å². The number of aryl methyl sites for hydroxylation is 1. The van der Waals surface area contributed by atoms with Crippen LogP contribution in [-0.4, -0.2) is 13.1 Å². The van der Waals surface area contributed by atoms with Gasteiger partial charge >= 0.3 is 5.97 Å². The Morgan fingerprint density at radius 1 is 1.15 bits per heavy atom. The van der Waals surface area contributed by atoms with E-state index >= 15 is 0 Å². The SMILES string of the molecule is COC(=O)c1ccc(Cl)cc1-c1cccc2c1CCC2. The standard InChI is InChI=1S/C17H15ClO2/c1-20-17(19)15-9-8-12(18)10-16(15)14-7-3-5-11-4-2-6-13(11)14/h3,5,7-10H,2,4,6H2,1H3. The molecule has 0 fully saturated rings. The van der Waals surface area contributed by atoms with Gasteiger partial charge in [0, 0.05) is 5.02 Å². The molecule has 1 aliphatic rings. The largest absolute Gasteiger partial charge is 0.465 e.